The first-order chi connectivity index (χ1) is 9.66. The van der Waals surface area contributed by atoms with E-state index in [0.29, 0.717) is 11.6 Å². The lowest BCUT2D eigenvalue weighted by atomic mass is 10.0. The Morgan fingerprint density at radius 2 is 2.05 bits per heavy atom. The molecule has 2 aliphatic heterocycles. The fourth-order valence-corrected chi connectivity index (χ4v) is 3.55. The molecule has 2 fully saturated rings. The number of rotatable bonds is 3. The first kappa shape index (κ1) is 14.1. The molecule has 3 heterocycles. The van der Waals surface area contributed by atoms with Crippen molar-refractivity contribution in [2.24, 2.45) is 0 Å². The zero-order valence-corrected chi connectivity index (χ0v) is 12.5. The number of hydrogen-bond acceptors (Lipinski definition) is 4. The molecule has 1 aromatic heterocycles. The van der Waals surface area contributed by atoms with Crippen molar-refractivity contribution in [2.45, 2.75) is 31.3 Å². The Hall–Kier alpha value is -0.840. The van der Waals surface area contributed by atoms with Crippen molar-refractivity contribution in [1.82, 2.24) is 9.88 Å². The first-order valence-electron chi connectivity index (χ1n) is 7.47. The molecule has 2 aliphatic rings. The summed E-state index contributed by atoms with van der Waals surface area (Å²) >= 11 is 6.19. The van der Waals surface area contributed by atoms with Gasteiger partial charge >= 0.3 is 0 Å². The van der Waals surface area contributed by atoms with Gasteiger partial charge in [0.25, 0.3) is 0 Å². The average Bonchev–Trinajstić information content (AvgIpc) is 2.82. The number of piperidine rings is 1. The molecule has 0 spiro atoms. The van der Waals surface area contributed by atoms with Crippen LogP contribution in [-0.2, 0) is 0 Å². The molecule has 1 aromatic rings. The van der Waals surface area contributed by atoms with Gasteiger partial charge in [-0.25, -0.2) is 4.98 Å². The molecule has 1 atom stereocenters. The maximum atomic E-state index is 10.8. The molecule has 0 aliphatic carbocycles. The maximum absolute atomic E-state index is 10.8. The van der Waals surface area contributed by atoms with Crippen LogP contribution in [0.1, 0.15) is 25.7 Å². The Bertz CT molecular complexity index is 464. The van der Waals surface area contributed by atoms with Crippen LogP contribution in [0.4, 0.5) is 5.82 Å². The molecule has 0 saturated carbocycles. The van der Waals surface area contributed by atoms with E-state index >= 15 is 0 Å². The number of nitrogens with zero attached hydrogens (tertiary/aromatic N) is 3. The Kier molecular flexibility index (Phi) is 4.15. The second kappa shape index (κ2) is 5.88. The van der Waals surface area contributed by atoms with Crippen molar-refractivity contribution >= 4 is 17.4 Å². The molecule has 110 valence electrons. The van der Waals surface area contributed by atoms with E-state index in [0.717, 1.165) is 38.4 Å². The lowest BCUT2D eigenvalue weighted by Crippen LogP contribution is -2.46. The number of aromatic nitrogens is 1. The Labute approximate surface area is 125 Å². The van der Waals surface area contributed by atoms with Gasteiger partial charge in [0.1, 0.15) is 5.82 Å². The standard InChI is InChI=1S/C15H22ClN3O/c16-13-5-4-7-17-14(13)19-10-6-15(20,12-19)11-18-8-2-1-3-9-18/h4-5,7,20H,1-3,6,8-12H2/t15-/m0/s1. The third-order valence-electron chi connectivity index (χ3n) is 4.34. The summed E-state index contributed by atoms with van der Waals surface area (Å²) in [4.78, 5) is 8.84. The fraction of sp³-hybridized carbons (Fsp3) is 0.667. The summed E-state index contributed by atoms with van der Waals surface area (Å²) < 4.78 is 0. The van der Waals surface area contributed by atoms with E-state index in [9.17, 15) is 5.11 Å². The Balaban J connectivity index is 1.64. The SMILES string of the molecule is O[C@]1(CN2CCCCC2)CCN(c2ncccc2Cl)C1. The molecule has 2 saturated heterocycles. The number of aliphatic hydroxyl groups is 1. The van der Waals surface area contributed by atoms with Gasteiger partial charge in [0.2, 0.25) is 0 Å². The molecule has 0 bridgehead atoms. The molecule has 0 unspecified atom stereocenters. The van der Waals surface area contributed by atoms with Crippen molar-refractivity contribution in [1.29, 1.82) is 0 Å². The van der Waals surface area contributed by atoms with Gasteiger partial charge < -0.3 is 14.9 Å². The summed E-state index contributed by atoms with van der Waals surface area (Å²) in [6.45, 7) is 4.45. The van der Waals surface area contributed by atoms with E-state index in [2.05, 4.69) is 14.8 Å². The third-order valence-corrected chi connectivity index (χ3v) is 4.63. The highest BCUT2D eigenvalue weighted by Gasteiger charge is 2.38. The normalized spacial score (nSPS) is 28.0. The second-order valence-electron chi connectivity index (χ2n) is 6.04. The van der Waals surface area contributed by atoms with Gasteiger partial charge in [-0.1, -0.05) is 18.0 Å². The molecule has 0 amide bonds. The van der Waals surface area contributed by atoms with Crippen LogP contribution in [0.25, 0.3) is 0 Å². The van der Waals surface area contributed by atoms with Crippen molar-refractivity contribution in [2.75, 3.05) is 37.6 Å². The summed E-state index contributed by atoms with van der Waals surface area (Å²) in [6, 6.07) is 3.69. The van der Waals surface area contributed by atoms with Crippen molar-refractivity contribution in [3.63, 3.8) is 0 Å². The molecule has 3 rings (SSSR count). The number of pyridine rings is 1. The zero-order chi connectivity index (χ0) is 14.0. The largest absolute Gasteiger partial charge is 0.387 e. The van der Waals surface area contributed by atoms with E-state index in [-0.39, 0.29) is 0 Å². The van der Waals surface area contributed by atoms with Crippen LogP contribution in [-0.4, -0.2) is 53.3 Å². The maximum Gasteiger partial charge on any atom is 0.147 e. The van der Waals surface area contributed by atoms with Gasteiger partial charge in [-0.05, 0) is 44.5 Å². The minimum atomic E-state index is -0.627. The predicted octanol–water partition coefficient (Wildman–Crippen LogP) is 2.16. The number of β-amino-alcohol motifs (C(OH)–C–C–N with tert-alkyl or cyclic N) is 1. The van der Waals surface area contributed by atoms with Gasteiger partial charge in [-0.15, -0.1) is 0 Å². The van der Waals surface area contributed by atoms with Crippen LogP contribution in [0.3, 0.4) is 0 Å². The van der Waals surface area contributed by atoms with Crippen molar-refractivity contribution < 1.29 is 5.11 Å². The Morgan fingerprint density at radius 1 is 1.25 bits per heavy atom. The quantitative estimate of drug-likeness (QED) is 0.928. The lowest BCUT2D eigenvalue weighted by molar-refractivity contribution is 0.0169. The van der Waals surface area contributed by atoms with Crippen LogP contribution in [0.5, 0.6) is 0 Å². The minimum absolute atomic E-state index is 0.625. The number of halogens is 1. The number of hydrogen-bond donors (Lipinski definition) is 1. The molecule has 0 radical (unpaired) electrons. The summed E-state index contributed by atoms with van der Waals surface area (Å²) in [7, 11) is 0. The first-order valence-corrected chi connectivity index (χ1v) is 7.84. The van der Waals surface area contributed by atoms with Gasteiger partial charge in [-0.3, -0.25) is 0 Å². The lowest BCUT2D eigenvalue weighted by Gasteiger charge is -2.33. The molecular formula is C15H22ClN3O. The monoisotopic (exact) mass is 295 g/mol. The molecule has 20 heavy (non-hydrogen) atoms. The highest BCUT2D eigenvalue weighted by molar-refractivity contribution is 6.32. The van der Waals surface area contributed by atoms with Crippen LogP contribution in [0.2, 0.25) is 5.02 Å². The van der Waals surface area contributed by atoms with E-state index in [1.807, 2.05) is 12.1 Å². The topological polar surface area (TPSA) is 39.6 Å². The van der Waals surface area contributed by atoms with Gasteiger partial charge in [0.15, 0.2) is 0 Å². The highest BCUT2D eigenvalue weighted by Crippen LogP contribution is 2.31. The minimum Gasteiger partial charge on any atom is -0.387 e. The van der Waals surface area contributed by atoms with Crippen molar-refractivity contribution in [3.8, 4) is 0 Å². The van der Waals surface area contributed by atoms with Gasteiger partial charge in [0, 0.05) is 25.8 Å². The summed E-state index contributed by atoms with van der Waals surface area (Å²) in [5, 5.41) is 11.5. The fourth-order valence-electron chi connectivity index (χ4n) is 3.31. The number of likely N-dealkylation sites (tertiary alicyclic amines) is 1. The van der Waals surface area contributed by atoms with Crippen LogP contribution < -0.4 is 4.90 Å². The van der Waals surface area contributed by atoms with E-state index < -0.39 is 5.60 Å². The summed E-state index contributed by atoms with van der Waals surface area (Å²) in [5.74, 6) is 0.795. The molecular weight excluding hydrogens is 274 g/mol. The van der Waals surface area contributed by atoms with E-state index in [1.54, 1.807) is 6.20 Å². The molecule has 0 aromatic carbocycles. The van der Waals surface area contributed by atoms with E-state index in [1.165, 1.54) is 19.3 Å². The molecule has 4 nitrogen and oxygen atoms in total. The predicted molar refractivity (Wildman–Crippen MR) is 81.3 cm³/mol. The van der Waals surface area contributed by atoms with Crippen molar-refractivity contribution in [3.05, 3.63) is 23.4 Å². The third kappa shape index (κ3) is 3.08. The average molecular weight is 296 g/mol. The Morgan fingerprint density at radius 3 is 2.80 bits per heavy atom. The summed E-state index contributed by atoms with van der Waals surface area (Å²) in [6.07, 6.45) is 6.38. The smallest absolute Gasteiger partial charge is 0.147 e. The van der Waals surface area contributed by atoms with Gasteiger partial charge in [0.05, 0.1) is 10.6 Å². The molecule has 1 N–H and O–H groups in total. The zero-order valence-electron chi connectivity index (χ0n) is 11.8. The number of anilines is 1. The molecule has 5 heteroatoms. The highest BCUT2D eigenvalue weighted by atomic mass is 35.5. The summed E-state index contributed by atoms with van der Waals surface area (Å²) in [5.41, 5.74) is -0.627. The van der Waals surface area contributed by atoms with Crippen LogP contribution >= 0.6 is 11.6 Å². The van der Waals surface area contributed by atoms with E-state index in [4.69, 9.17) is 11.6 Å². The van der Waals surface area contributed by atoms with Crippen LogP contribution in [0, 0.1) is 0 Å². The second-order valence-corrected chi connectivity index (χ2v) is 6.45. The van der Waals surface area contributed by atoms with Crippen LogP contribution in [0.15, 0.2) is 18.3 Å². The van der Waals surface area contributed by atoms with Gasteiger partial charge in [-0.2, -0.15) is 0 Å².